The van der Waals surface area contributed by atoms with Crippen LogP contribution in [0.2, 0.25) is 0 Å². The summed E-state index contributed by atoms with van der Waals surface area (Å²) in [4.78, 5) is 35.2. The summed E-state index contributed by atoms with van der Waals surface area (Å²) in [7, 11) is 2.10. The van der Waals surface area contributed by atoms with Crippen molar-refractivity contribution in [1.82, 2.24) is 20.4 Å². The van der Waals surface area contributed by atoms with Crippen LogP contribution in [-0.4, -0.2) is 92.4 Å². The molecule has 0 spiro atoms. The first-order valence-corrected chi connectivity index (χ1v) is 13.4. The molecule has 3 rings (SSSR count). The molecule has 3 fully saturated rings. The molecule has 36 heavy (non-hydrogen) atoms. The van der Waals surface area contributed by atoms with E-state index < -0.39 is 17.7 Å². The van der Waals surface area contributed by atoms with Crippen LogP contribution in [0.25, 0.3) is 0 Å². The summed E-state index contributed by atoms with van der Waals surface area (Å²) in [6.45, 7) is 10.7. The molecular weight excluding hydrogens is 460 g/mol. The Bertz CT molecular complexity index is 813. The molecule has 10 heteroatoms. The van der Waals surface area contributed by atoms with Crippen LogP contribution >= 0.6 is 0 Å². The van der Waals surface area contributed by atoms with Crippen molar-refractivity contribution in [3.05, 3.63) is 0 Å². The highest BCUT2D eigenvalue weighted by Crippen LogP contribution is 2.30. The molecule has 1 aliphatic carbocycles. The van der Waals surface area contributed by atoms with Gasteiger partial charge in [0.1, 0.15) is 11.6 Å². The normalized spacial score (nSPS) is 22.5. The van der Waals surface area contributed by atoms with E-state index in [4.69, 9.17) is 14.5 Å². The molecule has 202 valence electrons. The van der Waals surface area contributed by atoms with Crippen molar-refractivity contribution in [1.29, 1.82) is 5.26 Å². The number of rotatable bonds is 6. The van der Waals surface area contributed by atoms with Gasteiger partial charge in [-0.15, -0.1) is 0 Å². The maximum absolute atomic E-state index is 13.4. The van der Waals surface area contributed by atoms with E-state index in [1.165, 1.54) is 0 Å². The fraction of sp³-hybridized carbons (Fsp3) is 0.846. The maximum atomic E-state index is 13.4. The van der Waals surface area contributed by atoms with Gasteiger partial charge in [-0.2, -0.15) is 5.26 Å². The number of aliphatic imine (C=N–C) groups is 1. The monoisotopic (exact) mass is 504 g/mol. The number of amides is 2. The smallest absolute Gasteiger partial charge is 0.413 e. The number of carbonyl (C=O) groups is 2. The average molecular weight is 505 g/mol. The molecule has 0 aromatic heterocycles. The summed E-state index contributed by atoms with van der Waals surface area (Å²) >= 11 is 0. The number of hydrogen-bond acceptors (Lipinski definition) is 7. The molecule has 1 atom stereocenters. The zero-order valence-corrected chi connectivity index (χ0v) is 22.5. The van der Waals surface area contributed by atoms with Gasteiger partial charge in [0.05, 0.1) is 25.9 Å². The van der Waals surface area contributed by atoms with Gasteiger partial charge in [-0.25, -0.2) is 9.79 Å². The minimum atomic E-state index is -0.831. The molecule has 1 saturated carbocycles. The molecular formula is C26H44N6O4. The van der Waals surface area contributed by atoms with Crippen molar-refractivity contribution < 1.29 is 19.1 Å². The zero-order valence-electron chi connectivity index (χ0n) is 22.5. The number of hydrogen-bond donors (Lipinski definition) is 2. The predicted octanol–water partition coefficient (Wildman–Crippen LogP) is 2.50. The lowest BCUT2D eigenvalue weighted by Gasteiger charge is -2.32. The third kappa shape index (κ3) is 8.63. The van der Waals surface area contributed by atoms with Crippen molar-refractivity contribution in [2.24, 2.45) is 16.3 Å². The van der Waals surface area contributed by atoms with Gasteiger partial charge >= 0.3 is 6.09 Å². The highest BCUT2D eigenvalue weighted by molar-refractivity contribution is 5.96. The van der Waals surface area contributed by atoms with Crippen molar-refractivity contribution in [3.8, 4) is 6.07 Å². The fourth-order valence-corrected chi connectivity index (χ4v) is 5.00. The van der Waals surface area contributed by atoms with Crippen molar-refractivity contribution >= 4 is 18.0 Å². The van der Waals surface area contributed by atoms with Crippen LogP contribution in [0.5, 0.6) is 0 Å². The number of likely N-dealkylation sites (tertiary alicyclic amines) is 1. The van der Waals surface area contributed by atoms with Gasteiger partial charge in [0.15, 0.2) is 0 Å². The molecule has 0 aromatic rings. The molecule has 0 radical (unpaired) electrons. The Hall–Kier alpha value is -2.38. The largest absolute Gasteiger partial charge is 0.449 e. The number of carbonyl (C=O) groups excluding carboxylic acids is 2. The Labute approximate surface area is 215 Å². The predicted molar refractivity (Wildman–Crippen MR) is 137 cm³/mol. The van der Waals surface area contributed by atoms with E-state index in [-0.39, 0.29) is 11.3 Å². The molecule has 2 saturated heterocycles. The minimum Gasteiger partial charge on any atom is -0.449 e. The van der Waals surface area contributed by atoms with Crippen molar-refractivity contribution in [3.63, 3.8) is 0 Å². The first-order chi connectivity index (χ1) is 17.1. The summed E-state index contributed by atoms with van der Waals surface area (Å²) in [6.07, 6.45) is 5.07. The molecule has 0 bridgehead atoms. The van der Waals surface area contributed by atoms with Gasteiger partial charge in [-0.05, 0) is 76.4 Å². The number of ether oxygens (including phenoxy) is 2. The van der Waals surface area contributed by atoms with Gasteiger partial charge in [0, 0.05) is 13.1 Å². The zero-order chi connectivity index (χ0) is 26.2. The molecule has 0 unspecified atom stereocenters. The standard InChI is InChI=1S/C26H44N6O4/c1-25(2,3)17-21(22(33)30-26(19-27)9-5-6-10-26)28-23(32-13-15-35-16-14-32)29-24(34)36-18-20-7-11-31(4)12-8-20/h20-21H,5-18H2,1-4H3,(H,30,33)(H,28,29,34)/t21-/m0/s1. The van der Waals surface area contributed by atoms with E-state index in [9.17, 15) is 14.9 Å². The van der Waals surface area contributed by atoms with Crippen LogP contribution in [0, 0.1) is 22.7 Å². The second kappa shape index (κ2) is 12.7. The second-order valence-corrected chi connectivity index (χ2v) is 11.7. The Balaban J connectivity index is 1.74. The number of alkyl carbamates (subject to hydrolysis) is 1. The maximum Gasteiger partial charge on any atom is 0.413 e. The quantitative estimate of drug-likeness (QED) is 0.421. The third-order valence-electron chi connectivity index (χ3n) is 7.23. The molecule has 10 nitrogen and oxygen atoms in total. The Kier molecular flexibility index (Phi) is 9.97. The molecule has 2 heterocycles. The highest BCUT2D eigenvalue weighted by atomic mass is 16.5. The highest BCUT2D eigenvalue weighted by Gasteiger charge is 2.38. The minimum absolute atomic E-state index is 0.189. The first-order valence-electron chi connectivity index (χ1n) is 13.4. The van der Waals surface area contributed by atoms with E-state index in [1.54, 1.807) is 0 Å². The van der Waals surface area contributed by atoms with Crippen LogP contribution in [-0.2, 0) is 14.3 Å². The van der Waals surface area contributed by atoms with Crippen LogP contribution in [0.1, 0.15) is 65.7 Å². The number of nitrogens with zero attached hydrogens (tertiary/aromatic N) is 4. The van der Waals surface area contributed by atoms with E-state index in [0.29, 0.717) is 64.1 Å². The number of nitriles is 1. The van der Waals surface area contributed by atoms with Crippen LogP contribution < -0.4 is 10.6 Å². The topological polar surface area (TPSA) is 119 Å². The molecule has 2 amide bonds. The van der Waals surface area contributed by atoms with Crippen LogP contribution in [0.4, 0.5) is 4.79 Å². The van der Waals surface area contributed by atoms with Gasteiger partial charge in [-0.1, -0.05) is 20.8 Å². The van der Waals surface area contributed by atoms with E-state index in [2.05, 4.69) is 49.4 Å². The van der Waals surface area contributed by atoms with Crippen molar-refractivity contribution in [2.75, 3.05) is 53.0 Å². The first kappa shape index (κ1) is 28.2. The summed E-state index contributed by atoms with van der Waals surface area (Å²) in [5.41, 5.74) is -1.02. The number of piperidine rings is 1. The second-order valence-electron chi connectivity index (χ2n) is 11.7. The molecule has 3 aliphatic rings. The van der Waals surface area contributed by atoms with Crippen molar-refractivity contribution in [2.45, 2.75) is 77.3 Å². The molecule has 0 aromatic carbocycles. The van der Waals surface area contributed by atoms with Crippen LogP contribution in [0.15, 0.2) is 4.99 Å². The van der Waals surface area contributed by atoms with E-state index in [1.807, 2.05) is 4.90 Å². The SMILES string of the molecule is CN1CCC(COC(=O)NC(=N[C@@H](CC(C)(C)C)C(=O)NC2(C#N)CCCC2)N2CCOCC2)CC1. The summed E-state index contributed by atoms with van der Waals surface area (Å²) in [5, 5.41) is 15.6. The molecule has 2 aliphatic heterocycles. The Morgan fingerprint density at radius 1 is 1.17 bits per heavy atom. The van der Waals surface area contributed by atoms with Gasteiger partial charge in [0.25, 0.3) is 0 Å². The average Bonchev–Trinajstić information content (AvgIpc) is 3.31. The third-order valence-corrected chi connectivity index (χ3v) is 7.23. The fourth-order valence-electron chi connectivity index (χ4n) is 5.00. The van der Waals surface area contributed by atoms with Crippen LogP contribution in [0.3, 0.4) is 0 Å². The number of guanidine groups is 1. The van der Waals surface area contributed by atoms with Gasteiger partial charge < -0.3 is 24.6 Å². The number of morpholine rings is 1. The van der Waals surface area contributed by atoms with Gasteiger partial charge in [-0.3, -0.25) is 10.1 Å². The Morgan fingerprint density at radius 2 is 1.81 bits per heavy atom. The summed E-state index contributed by atoms with van der Waals surface area (Å²) in [5.74, 6) is 0.401. The lowest BCUT2D eigenvalue weighted by Crippen LogP contribution is -2.52. The molecule has 2 N–H and O–H groups in total. The lowest BCUT2D eigenvalue weighted by molar-refractivity contribution is -0.124. The summed E-state index contributed by atoms with van der Waals surface area (Å²) < 4.78 is 11.1. The summed E-state index contributed by atoms with van der Waals surface area (Å²) in [6, 6.07) is 1.58. The Morgan fingerprint density at radius 3 is 2.39 bits per heavy atom. The van der Waals surface area contributed by atoms with E-state index in [0.717, 1.165) is 38.8 Å². The van der Waals surface area contributed by atoms with Gasteiger partial charge in [0.2, 0.25) is 11.9 Å². The number of nitrogens with one attached hydrogen (secondary N) is 2. The van der Waals surface area contributed by atoms with E-state index >= 15 is 0 Å². The lowest BCUT2D eigenvalue weighted by atomic mass is 9.87.